The fourth-order valence-electron chi connectivity index (χ4n) is 1.50. The van der Waals surface area contributed by atoms with Crippen molar-refractivity contribution in [2.24, 2.45) is 0 Å². The van der Waals surface area contributed by atoms with Crippen molar-refractivity contribution in [1.29, 1.82) is 0 Å². The summed E-state index contributed by atoms with van der Waals surface area (Å²) >= 11 is 3.48. The van der Waals surface area contributed by atoms with Crippen LogP contribution in [0.2, 0.25) is 0 Å². The largest absolute Gasteiger partial charge is 0.317 e. The van der Waals surface area contributed by atoms with E-state index in [1.54, 1.807) is 7.05 Å². The van der Waals surface area contributed by atoms with Crippen LogP contribution in [-0.4, -0.2) is 13.6 Å². The summed E-state index contributed by atoms with van der Waals surface area (Å²) < 4.78 is 14.6. The molecule has 0 bridgehead atoms. The van der Waals surface area contributed by atoms with Crippen LogP contribution in [0.4, 0.5) is 4.39 Å². The first-order chi connectivity index (χ1) is 7.06. The smallest absolute Gasteiger partial charge is 0.138 e. The molecule has 3 heteroatoms. The monoisotopic (exact) mass is 273 g/mol. The Hall–Kier alpha value is -0.410. The molecular weight excluding hydrogens is 257 g/mol. The summed E-state index contributed by atoms with van der Waals surface area (Å²) in [5, 5.41) is 2.83. The molecule has 0 heterocycles. The second-order valence-corrected chi connectivity index (χ2v) is 4.82. The van der Waals surface area contributed by atoms with Gasteiger partial charge in [-0.15, -0.1) is 0 Å². The molecule has 0 fully saturated rings. The van der Waals surface area contributed by atoms with Gasteiger partial charge in [-0.2, -0.15) is 0 Å². The average molecular weight is 274 g/mol. The maximum atomic E-state index is 13.6. The zero-order valence-electron chi connectivity index (χ0n) is 9.35. The van der Waals surface area contributed by atoms with E-state index in [2.05, 4.69) is 35.1 Å². The van der Waals surface area contributed by atoms with Crippen molar-refractivity contribution < 1.29 is 4.39 Å². The molecule has 15 heavy (non-hydrogen) atoms. The SMILES string of the molecule is CNCC(F)c1ccc(C(C)C)c(Br)c1. The lowest BCUT2D eigenvalue weighted by Gasteiger charge is -2.12. The Morgan fingerprint density at radius 2 is 2.07 bits per heavy atom. The van der Waals surface area contributed by atoms with Crippen LogP contribution in [-0.2, 0) is 0 Å². The van der Waals surface area contributed by atoms with Gasteiger partial charge in [0.15, 0.2) is 0 Å². The van der Waals surface area contributed by atoms with Crippen molar-refractivity contribution in [1.82, 2.24) is 5.32 Å². The molecule has 0 radical (unpaired) electrons. The lowest BCUT2D eigenvalue weighted by Crippen LogP contribution is -2.13. The van der Waals surface area contributed by atoms with Crippen LogP contribution in [0.3, 0.4) is 0 Å². The fraction of sp³-hybridized carbons (Fsp3) is 0.500. The van der Waals surface area contributed by atoms with Gasteiger partial charge in [0.25, 0.3) is 0 Å². The third kappa shape index (κ3) is 3.28. The molecule has 0 aliphatic carbocycles. The molecule has 0 saturated heterocycles. The van der Waals surface area contributed by atoms with Crippen molar-refractivity contribution in [2.45, 2.75) is 25.9 Å². The van der Waals surface area contributed by atoms with Gasteiger partial charge < -0.3 is 5.32 Å². The predicted octanol–water partition coefficient (Wildman–Crippen LogP) is 3.80. The summed E-state index contributed by atoms with van der Waals surface area (Å²) in [5.41, 5.74) is 1.94. The van der Waals surface area contributed by atoms with Crippen molar-refractivity contribution in [3.63, 3.8) is 0 Å². The highest BCUT2D eigenvalue weighted by Gasteiger charge is 2.11. The minimum atomic E-state index is -0.937. The van der Waals surface area contributed by atoms with Gasteiger partial charge in [-0.25, -0.2) is 4.39 Å². The molecule has 1 aromatic carbocycles. The van der Waals surface area contributed by atoms with Gasteiger partial charge in [0.05, 0.1) is 0 Å². The summed E-state index contributed by atoms with van der Waals surface area (Å²) in [6.07, 6.45) is -0.937. The maximum absolute atomic E-state index is 13.6. The average Bonchev–Trinajstić information content (AvgIpc) is 2.17. The van der Waals surface area contributed by atoms with Crippen LogP contribution in [0.25, 0.3) is 0 Å². The number of rotatable bonds is 4. The Labute approximate surface area is 99.2 Å². The van der Waals surface area contributed by atoms with Gasteiger partial charge in [-0.05, 0) is 30.2 Å². The fourth-order valence-corrected chi connectivity index (χ4v) is 2.36. The standard InChI is InChI=1S/C12H17BrFN/c1-8(2)10-5-4-9(6-11(10)13)12(14)7-15-3/h4-6,8,12,15H,7H2,1-3H3. The maximum Gasteiger partial charge on any atom is 0.138 e. The third-order valence-corrected chi connectivity index (χ3v) is 3.08. The van der Waals surface area contributed by atoms with Crippen LogP contribution < -0.4 is 5.32 Å². The van der Waals surface area contributed by atoms with E-state index in [-0.39, 0.29) is 0 Å². The zero-order chi connectivity index (χ0) is 11.4. The lowest BCUT2D eigenvalue weighted by molar-refractivity contribution is 0.335. The second kappa shape index (κ2) is 5.61. The molecule has 0 saturated carbocycles. The van der Waals surface area contributed by atoms with Crippen LogP contribution in [0.15, 0.2) is 22.7 Å². The Kier molecular flexibility index (Phi) is 4.74. The van der Waals surface area contributed by atoms with Gasteiger partial charge in [-0.1, -0.05) is 41.9 Å². The molecule has 84 valence electrons. The van der Waals surface area contributed by atoms with Gasteiger partial charge in [-0.3, -0.25) is 0 Å². The Morgan fingerprint density at radius 3 is 2.53 bits per heavy atom. The molecule has 0 amide bonds. The van der Waals surface area contributed by atoms with E-state index in [0.717, 1.165) is 10.0 Å². The summed E-state index contributed by atoms with van der Waals surface area (Å²) in [6, 6.07) is 5.73. The quantitative estimate of drug-likeness (QED) is 0.880. The highest BCUT2D eigenvalue weighted by molar-refractivity contribution is 9.10. The van der Waals surface area contributed by atoms with Crippen molar-refractivity contribution >= 4 is 15.9 Å². The summed E-state index contributed by atoms with van der Waals surface area (Å²) in [5.74, 6) is 0.454. The Balaban J connectivity index is 2.91. The molecule has 1 aromatic rings. The van der Waals surface area contributed by atoms with Crippen molar-refractivity contribution in [3.8, 4) is 0 Å². The predicted molar refractivity (Wildman–Crippen MR) is 66.0 cm³/mol. The topological polar surface area (TPSA) is 12.0 Å². The molecule has 1 N–H and O–H groups in total. The highest BCUT2D eigenvalue weighted by atomic mass is 79.9. The van der Waals surface area contributed by atoms with E-state index < -0.39 is 6.17 Å². The summed E-state index contributed by atoms with van der Waals surface area (Å²) in [4.78, 5) is 0. The summed E-state index contributed by atoms with van der Waals surface area (Å²) in [7, 11) is 1.75. The van der Waals surface area contributed by atoms with Gasteiger partial charge in [0, 0.05) is 11.0 Å². The van der Waals surface area contributed by atoms with E-state index in [1.165, 1.54) is 5.56 Å². The van der Waals surface area contributed by atoms with E-state index in [1.807, 2.05) is 18.2 Å². The van der Waals surface area contributed by atoms with Crippen molar-refractivity contribution in [2.75, 3.05) is 13.6 Å². The molecule has 0 aliphatic rings. The summed E-state index contributed by atoms with van der Waals surface area (Å²) in [6.45, 7) is 4.61. The molecule has 1 rings (SSSR count). The number of benzene rings is 1. The van der Waals surface area contributed by atoms with Gasteiger partial charge >= 0.3 is 0 Å². The van der Waals surface area contributed by atoms with Crippen LogP contribution >= 0.6 is 15.9 Å². The minimum absolute atomic E-state index is 0.355. The molecule has 0 spiro atoms. The first-order valence-electron chi connectivity index (χ1n) is 5.14. The van der Waals surface area contributed by atoms with E-state index in [0.29, 0.717) is 12.5 Å². The van der Waals surface area contributed by atoms with Crippen molar-refractivity contribution in [3.05, 3.63) is 33.8 Å². The van der Waals surface area contributed by atoms with Gasteiger partial charge in [0.2, 0.25) is 0 Å². The Bertz CT molecular complexity index is 325. The number of likely N-dealkylation sites (N-methyl/N-ethyl adjacent to an activating group) is 1. The van der Waals surface area contributed by atoms with E-state index >= 15 is 0 Å². The molecular formula is C12H17BrFN. The first kappa shape index (κ1) is 12.7. The van der Waals surface area contributed by atoms with E-state index in [9.17, 15) is 4.39 Å². The second-order valence-electron chi connectivity index (χ2n) is 3.96. The van der Waals surface area contributed by atoms with Crippen LogP contribution in [0.5, 0.6) is 0 Å². The molecule has 0 aliphatic heterocycles. The lowest BCUT2D eigenvalue weighted by atomic mass is 10.0. The molecule has 0 aromatic heterocycles. The number of hydrogen-bond donors (Lipinski definition) is 1. The minimum Gasteiger partial charge on any atom is -0.317 e. The molecule has 1 atom stereocenters. The number of hydrogen-bond acceptors (Lipinski definition) is 1. The third-order valence-electron chi connectivity index (χ3n) is 2.39. The van der Waals surface area contributed by atoms with Gasteiger partial charge in [0.1, 0.15) is 6.17 Å². The number of alkyl halides is 1. The molecule has 1 nitrogen and oxygen atoms in total. The van der Waals surface area contributed by atoms with Crippen LogP contribution in [0.1, 0.15) is 37.1 Å². The van der Waals surface area contributed by atoms with Crippen LogP contribution in [0, 0.1) is 0 Å². The number of halogens is 2. The molecule has 1 unspecified atom stereocenters. The first-order valence-corrected chi connectivity index (χ1v) is 5.93. The Morgan fingerprint density at radius 1 is 1.40 bits per heavy atom. The number of nitrogens with one attached hydrogen (secondary N) is 1. The highest BCUT2D eigenvalue weighted by Crippen LogP contribution is 2.28. The zero-order valence-corrected chi connectivity index (χ0v) is 10.9. The van der Waals surface area contributed by atoms with E-state index in [4.69, 9.17) is 0 Å². The normalized spacial score (nSPS) is 13.2.